The van der Waals surface area contributed by atoms with Crippen molar-refractivity contribution in [1.82, 2.24) is 4.90 Å². The van der Waals surface area contributed by atoms with Gasteiger partial charge in [0.1, 0.15) is 5.40 Å². The van der Waals surface area contributed by atoms with E-state index < -0.39 is 0 Å². The summed E-state index contributed by atoms with van der Waals surface area (Å²) in [4.78, 5) is 3.47. The molecule has 2 nitrogen and oxygen atoms in total. The van der Waals surface area contributed by atoms with Crippen LogP contribution in [0.15, 0.2) is 23.1 Å². The molecule has 0 bridgehead atoms. The first-order valence-electron chi connectivity index (χ1n) is 5.58. The SMILES string of the molecule is Cc1cc(SC#N)cc(C2CCCN2C)c1. The maximum atomic E-state index is 8.72. The van der Waals surface area contributed by atoms with Crippen molar-refractivity contribution in [3.8, 4) is 5.40 Å². The first-order chi connectivity index (χ1) is 7.70. The smallest absolute Gasteiger partial charge is 0.138 e. The minimum absolute atomic E-state index is 0.540. The third-order valence-corrected chi connectivity index (χ3v) is 3.70. The minimum atomic E-state index is 0.540. The molecule has 1 atom stereocenters. The molecule has 0 aliphatic carbocycles. The summed E-state index contributed by atoms with van der Waals surface area (Å²) in [5.41, 5.74) is 2.60. The maximum Gasteiger partial charge on any atom is 0.138 e. The van der Waals surface area contributed by atoms with E-state index in [4.69, 9.17) is 5.26 Å². The van der Waals surface area contributed by atoms with Gasteiger partial charge in [-0.2, -0.15) is 5.26 Å². The zero-order valence-corrected chi connectivity index (χ0v) is 10.5. The fourth-order valence-corrected chi connectivity index (χ4v) is 2.96. The number of rotatable bonds is 2. The van der Waals surface area contributed by atoms with Gasteiger partial charge >= 0.3 is 0 Å². The molecular weight excluding hydrogens is 216 g/mol. The number of hydrogen-bond donors (Lipinski definition) is 0. The van der Waals surface area contributed by atoms with E-state index in [1.54, 1.807) is 0 Å². The lowest BCUT2D eigenvalue weighted by Gasteiger charge is -2.20. The predicted molar refractivity (Wildman–Crippen MR) is 67.3 cm³/mol. The van der Waals surface area contributed by atoms with Crippen molar-refractivity contribution in [1.29, 1.82) is 5.26 Å². The molecule has 3 heteroatoms. The van der Waals surface area contributed by atoms with Gasteiger partial charge in [0.2, 0.25) is 0 Å². The van der Waals surface area contributed by atoms with Gasteiger partial charge in [-0.3, -0.25) is 4.90 Å². The summed E-state index contributed by atoms with van der Waals surface area (Å²) in [6.45, 7) is 3.28. The number of thiocyanates is 1. The van der Waals surface area contributed by atoms with E-state index in [2.05, 4.69) is 42.5 Å². The highest BCUT2D eigenvalue weighted by molar-refractivity contribution is 8.03. The van der Waals surface area contributed by atoms with E-state index in [1.807, 2.05) is 0 Å². The number of benzene rings is 1. The van der Waals surface area contributed by atoms with Crippen LogP contribution in [-0.2, 0) is 0 Å². The van der Waals surface area contributed by atoms with Crippen LogP contribution in [0.3, 0.4) is 0 Å². The van der Waals surface area contributed by atoms with Gasteiger partial charge in [-0.1, -0.05) is 6.07 Å². The molecule has 0 spiro atoms. The fraction of sp³-hybridized carbons (Fsp3) is 0.462. The number of likely N-dealkylation sites (tertiary alicyclic amines) is 1. The molecule has 1 fully saturated rings. The van der Waals surface area contributed by atoms with E-state index in [9.17, 15) is 0 Å². The number of nitriles is 1. The zero-order valence-electron chi connectivity index (χ0n) is 9.73. The Bertz CT molecular complexity index is 422. The van der Waals surface area contributed by atoms with Crippen molar-refractivity contribution >= 4 is 11.8 Å². The second-order valence-electron chi connectivity index (χ2n) is 4.41. The molecule has 1 heterocycles. The van der Waals surface area contributed by atoms with Crippen LogP contribution < -0.4 is 0 Å². The fourth-order valence-electron chi connectivity index (χ4n) is 2.41. The summed E-state index contributed by atoms with van der Waals surface area (Å²) < 4.78 is 0. The van der Waals surface area contributed by atoms with Crippen molar-refractivity contribution in [2.75, 3.05) is 13.6 Å². The van der Waals surface area contributed by atoms with Crippen LogP contribution in [0.1, 0.15) is 30.0 Å². The highest BCUT2D eigenvalue weighted by Gasteiger charge is 2.22. The Morgan fingerprint density at radius 1 is 1.44 bits per heavy atom. The van der Waals surface area contributed by atoms with Crippen molar-refractivity contribution in [3.63, 3.8) is 0 Å². The zero-order chi connectivity index (χ0) is 11.5. The van der Waals surface area contributed by atoms with Gasteiger partial charge in [0.15, 0.2) is 0 Å². The highest BCUT2D eigenvalue weighted by Crippen LogP contribution is 2.33. The largest absolute Gasteiger partial charge is 0.299 e. The van der Waals surface area contributed by atoms with Crippen molar-refractivity contribution in [3.05, 3.63) is 29.3 Å². The molecule has 1 aliphatic rings. The number of nitrogens with zero attached hydrogens (tertiary/aromatic N) is 2. The Morgan fingerprint density at radius 3 is 2.88 bits per heavy atom. The van der Waals surface area contributed by atoms with Gasteiger partial charge in [-0.25, -0.2) is 0 Å². The van der Waals surface area contributed by atoms with Crippen LogP contribution in [0.5, 0.6) is 0 Å². The first kappa shape index (κ1) is 11.5. The van der Waals surface area contributed by atoms with Crippen LogP contribution in [0.2, 0.25) is 0 Å². The number of aryl methyl sites for hydroxylation is 1. The topological polar surface area (TPSA) is 27.0 Å². The Labute approximate surface area is 101 Å². The van der Waals surface area contributed by atoms with Crippen LogP contribution in [0, 0.1) is 17.6 Å². The van der Waals surface area contributed by atoms with Gasteiger partial charge in [0.25, 0.3) is 0 Å². The molecule has 0 saturated carbocycles. The first-order valence-corrected chi connectivity index (χ1v) is 6.40. The molecule has 0 aromatic heterocycles. The average Bonchev–Trinajstić information content (AvgIpc) is 2.64. The van der Waals surface area contributed by atoms with Crippen LogP contribution in [0.4, 0.5) is 0 Å². The lowest BCUT2D eigenvalue weighted by atomic mass is 10.0. The molecule has 0 radical (unpaired) electrons. The average molecular weight is 232 g/mol. The summed E-state index contributed by atoms with van der Waals surface area (Å²) in [5, 5.41) is 10.9. The molecule has 0 N–H and O–H groups in total. The predicted octanol–water partition coefficient (Wildman–Crippen LogP) is 3.33. The third kappa shape index (κ3) is 2.40. The quantitative estimate of drug-likeness (QED) is 0.578. The Balaban J connectivity index is 2.30. The van der Waals surface area contributed by atoms with Gasteiger partial charge in [-0.15, -0.1) is 0 Å². The molecule has 1 unspecified atom stereocenters. The maximum absolute atomic E-state index is 8.72. The molecule has 1 saturated heterocycles. The van der Waals surface area contributed by atoms with Crippen molar-refractivity contribution in [2.45, 2.75) is 30.7 Å². The normalized spacial score (nSPS) is 20.9. The molecular formula is C13H16N2S. The van der Waals surface area contributed by atoms with Crippen LogP contribution in [-0.4, -0.2) is 18.5 Å². The summed E-state index contributed by atoms with van der Waals surface area (Å²) in [5.74, 6) is 0. The third-order valence-electron chi connectivity index (χ3n) is 3.14. The number of thioether (sulfide) groups is 1. The molecule has 1 aliphatic heterocycles. The molecule has 16 heavy (non-hydrogen) atoms. The van der Waals surface area contributed by atoms with E-state index in [-0.39, 0.29) is 0 Å². The van der Waals surface area contributed by atoms with Gasteiger partial charge in [0.05, 0.1) is 0 Å². The summed E-state index contributed by atoms with van der Waals surface area (Å²) in [6, 6.07) is 7.02. The molecule has 1 aromatic rings. The van der Waals surface area contributed by atoms with Crippen LogP contribution in [0.25, 0.3) is 0 Å². The van der Waals surface area contributed by atoms with Gasteiger partial charge < -0.3 is 0 Å². The minimum Gasteiger partial charge on any atom is -0.299 e. The summed E-state index contributed by atoms with van der Waals surface area (Å²) in [7, 11) is 2.18. The summed E-state index contributed by atoms with van der Waals surface area (Å²) >= 11 is 1.25. The van der Waals surface area contributed by atoms with E-state index in [1.165, 1.54) is 42.3 Å². The highest BCUT2D eigenvalue weighted by atomic mass is 32.2. The van der Waals surface area contributed by atoms with E-state index in [0.29, 0.717) is 6.04 Å². The lowest BCUT2D eigenvalue weighted by Crippen LogP contribution is -2.17. The van der Waals surface area contributed by atoms with Crippen LogP contribution >= 0.6 is 11.8 Å². The van der Waals surface area contributed by atoms with E-state index >= 15 is 0 Å². The van der Waals surface area contributed by atoms with Gasteiger partial charge in [0, 0.05) is 10.9 Å². The number of hydrogen-bond acceptors (Lipinski definition) is 3. The van der Waals surface area contributed by atoms with Gasteiger partial charge in [-0.05, 0) is 68.4 Å². The van der Waals surface area contributed by atoms with Crippen molar-refractivity contribution in [2.24, 2.45) is 0 Å². The summed E-state index contributed by atoms with van der Waals surface area (Å²) in [6.07, 6.45) is 2.51. The molecule has 84 valence electrons. The second-order valence-corrected chi connectivity index (χ2v) is 5.27. The molecule has 2 rings (SSSR count). The Kier molecular flexibility index (Phi) is 3.52. The second kappa shape index (κ2) is 4.90. The van der Waals surface area contributed by atoms with E-state index in [0.717, 1.165) is 4.90 Å². The molecule has 0 amide bonds. The lowest BCUT2D eigenvalue weighted by molar-refractivity contribution is 0.317. The monoisotopic (exact) mass is 232 g/mol. The Hall–Kier alpha value is -0.980. The molecule has 1 aromatic carbocycles. The standard InChI is InChI=1S/C13H16N2S/c1-10-6-11(8-12(7-10)16-9-14)13-4-3-5-15(13)2/h6-8,13H,3-5H2,1-2H3. The van der Waals surface area contributed by atoms with Crippen molar-refractivity contribution < 1.29 is 0 Å². The Morgan fingerprint density at radius 2 is 2.25 bits per heavy atom.